The van der Waals surface area contributed by atoms with Crippen molar-refractivity contribution in [3.63, 3.8) is 0 Å². The Hall–Kier alpha value is -0.610. The summed E-state index contributed by atoms with van der Waals surface area (Å²) in [6, 6.07) is 6.35. The first-order valence-electron chi connectivity index (χ1n) is 9.41. The molecule has 14 nitrogen and oxygen atoms in total. The average molecular weight is 632 g/mol. The van der Waals surface area contributed by atoms with Crippen LogP contribution in [0.1, 0.15) is 21.6 Å². The van der Waals surface area contributed by atoms with Crippen molar-refractivity contribution < 1.29 is 141 Å². The number of hydrogen-bond acceptors (Lipinski definition) is 9. The zero-order valence-electron chi connectivity index (χ0n) is 24.0. The molecule has 0 unspecified atom stereocenters. The maximum atomic E-state index is 13.1. The van der Waals surface area contributed by atoms with Crippen LogP contribution in [0.2, 0.25) is 0 Å². The fourth-order valence-corrected chi connectivity index (χ4v) is 5.35. The molecule has 3 aromatic carbocycles. The molecule has 0 radical (unpaired) electrons. The van der Waals surface area contributed by atoms with Crippen molar-refractivity contribution in [3.05, 3.63) is 48.0 Å². The SMILES string of the molecule is CC(=O)Nc1ccc2c(S(=O)(=O)O)cc(S(=O)(=O)O)cc2c1NC(=O)c1ccc(N)cc1S(=O)(=O)O.[H-].[H-].[H-].[Na+].[Na+].[Na+]. The van der Waals surface area contributed by atoms with Gasteiger partial charge in [0, 0.05) is 23.4 Å². The largest absolute Gasteiger partial charge is 1.00 e. The van der Waals surface area contributed by atoms with Gasteiger partial charge in [0.2, 0.25) is 5.91 Å². The standard InChI is InChI=1S/C19H17N3O11S3.3Na.3H/c1-9(23)21-15-5-4-12-14(7-11(34(25,26)27)8-17(12)36(31,32)33)18(15)22-19(24)13-3-2-10(20)6-16(13)35(28,29)30;;;;;;/h2-8H,20H2,1H3,(H,21,23)(H,22,24)(H,25,26,27)(H,28,29,30)(H,31,32,33);;;;;;/q;3*+1;3*-1. The van der Waals surface area contributed by atoms with Gasteiger partial charge in [-0.25, -0.2) is 0 Å². The fraction of sp³-hybridized carbons (Fsp3) is 0.0526. The predicted octanol–water partition coefficient (Wildman–Crippen LogP) is -7.28. The number of hydrogen-bond donors (Lipinski definition) is 6. The molecular weight excluding hydrogens is 611 g/mol. The molecule has 0 aliphatic rings. The number of nitrogens with two attached hydrogens (primary N) is 1. The average Bonchev–Trinajstić information content (AvgIpc) is 2.72. The summed E-state index contributed by atoms with van der Waals surface area (Å²) in [7, 11) is -15.1. The summed E-state index contributed by atoms with van der Waals surface area (Å²) in [5.41, 5.74) is 4.18. The van der Waals surface area contributed by atoms with Crippen molar-refractivity contribution in [3.8, 4) is 0 Å². The van der Waals surface area contributed by atoms with Gasteiger partial charge in [0.15, 0.2) is 0 Å². The molecule has 20 heteroatoms. The Bertz CT molecular complexity index is 1800. The maximum absolute atomic E-state index is 13.1. The molecule has 0 saturated carbocycles. The summed E-state index contributed by atoms with van der Waals surface area (Å²) in [6.45, 7) is 1.09. The van der Waals surface area contributed by atoms with Crippen molar-refractivity contribution >= 4 is 70.0 Å². The van der Waals surface area contributed by atoms with E-state index < -0.39 is 68.1 Å². The number of fused-ring (bicyclic) bond motifs is 1. The van der Waals surface area contributed by atoms with E-state index in [2.05, 4.69) is 10.6 Å². The van der Waals surface area contributed by atoms with Crippen LogP contribution in [-0.4, -0.2) is 50.7 Å². The molecule has 0 atom stereocenters. The second kappa shape index (κ2) is 14.0. The second-order valence-corrected chi connectivity index (χ2v) is 11.5. The Morgan fingerprint density at radius 3 is 1.79 bits per heavy atom. The summed E-state index contributed by atoms with van der Waals surface area (Å²) in [4.78, 5) is 22.0. The fourth-order valence-electron chi connectivity index (χ4n) is 3.29. The Morgan fingerprint density at radius 1 is 0.744 bits per heavy atom. The normalized spacial score (nSPS) is 11.4. The van der Waals surface area contributed by atoms with Crippen LogP contribution in [-0.2, 0) is 35.1 Å². The first-order chi connectivity index (χ1) is 16.4. The van der Waals surface area contributed by atoms with Crippen LogP contribution in [0.5, 0.6) is 0 Å². The van der Waals surface area contributed by atoms with Crippen LogP contribution in [0.15, 0.2) is 57.2 Å². The first kappa shape index (κ1) is 38.4. The molecule has 7 N–H and O–H groups in total. The molecule has 3 rings (SSSR count). The van der Waals surface area contributed by atoms with Crippen molar-refractivity contribution in [1.29, 1.82) is 0 Å². The first-order valence-corrected chi connectivity index (χ1v) is 13.7. The van der Waals surface area contributed by atoms with Gasteiger partial charge in [-0.2, -0.15) is 25.3 Å². The smallest absolute Gasteiger partial charge is 1.00 e. The molecular formula is C19H20N3Na3O11S3. The summed E-state index contributed by atoms with van der Waals surface area (Å²) < 4.78 is 99.6. The number of nitrogens with one attached hydrogen (secondary N) is 2. The van der Waals surface area contributed by atoms with E-state index in [4.69, 9.17) is 5.73 Å². The van der Waals surface area contributed by atoms with E-state index >= 15 is 0 Å². The third-order valence-electron chi connectivity index (χ3n) is 4.72. The predicted molar refractivity (Wildman–Crippen MR) is 130 cm³/mol. The number of carbonyl (C=O) groups excluding carboxylic acids is 2. The molecule has 198 valence electrons. The van der Waals surface area contributed by atoms with Crippen molar-refractivity contribution in [2.45, 2.75) is 21.6 Å². The van der Waals surface area contributed by atoms with E-state index in [9.17, 15) is 48.5 Å². The van der Waals surface area contributed by atoms with Crippen molar-refractivity contribution in [2.24, 2.45) is 0 Å². The Morgan fingerprint density at radius 2 is 1.31 bits per heavy atom. The van der Waals surface area contributed by atoms with Gasteiger partial charge in [-0.15, -0.1) is 0 Å². The van der Waals surface area contributed by atoms with Gasteiger partial charge < -0.3 is 20.6 Å². The zero-order valence-corrected chi connectivity index (χ0v) is 29.4. The molecule has 0 bridgehead atoms. The Kier molecular flexibility index (Phi) is 13.8. The van der Waals surface area contributed by atoms with E-state index in [0.717, 1.165) is 43.3 Å². The third-order valence-corrected chi connectivity index (χ3v) is 7.34. The molecule has 0 aliphatic heterocycles. The number of benzene rings is 3. The van der Waals surface area contributed by atoms with Crippen LogP contribution in [0.3, 0.4) is 0 Å². The monoisotopic (exact) mass is 631 g/mol. The molecule has 0 aliphatic carbocycles. The summed E-state index contributed by atoms with van der Waals surface area (Å²) in [5.74, 6) is -1.87. The van der Waals surface area contributed by atoms with Gasteiger partial charge in [0.25, 0.3) is 36.3 Å². The van der Waals surface area contributed by atoms with Crippen molar-refractivity contribution in [1.82, 2.24) is 0 Å². The minimum absolute atomic E-state index is 0. The molecule has 0 heterocycles. The second-order valence-electron chi connectivity index (χ2n) is 7.32. The molecule has 39 heavy (non-hydrogen) atoms. The van der Waals surface area contributed by atoms with Gasteiger partial charge in [0.1, 0.15) is 9.79 Å². The van der Waals surface area contributed by atoms with E-state index in [1.54, 1.807) is 0 Å². The van der Waals surface area contributed by atoms with Gasteiger partial charge in [-0.1, -0.05) is 6.07 Å². The van der Waals surface area contributed by atoms with Gasteiger partial charge >= 0.3 is 88.7 Å². The summed E-state index contributed by atoms with van der Waals surface area (Å²) >= 11 is 0. The molecule has 0 saturated heterocycles. The third kappa shape index (κ3) is 9.19. The number of amides is 2. The summed E-state index contributed by atoms with van der Waals surface area (Å²) in [5, 5.41) is 3.85. The van der Waals surface area contributed by atoms with E-state index in [-0.39, 0.29) is 115 Å². The van der Waals surface area contributed by atoms with Gasteiger partial charge in [-0.3, -0.25) is 23.2 Å². The quantitative estimate of drug-likeness (QED) is 0.0844. The van der Waals surface area contributed by atoms with E-state index in [1.807, 2.05) is 0 Å². The maximum Gasteiger partial charge on any atom is 1.00 e. The topological polar surface area (TPSA) is 247 Å². The molecule has 3 aromatic rings. The van der Waals surface area contributed by atoms with Crippen LogP contribution >= 0.6 is 0 Å². The molecule has 0 spiro atoms. The van der Waals surface area contributed by atoms with E-state index in [1.165, 1.54) is 0 Å². The Labute approximate surface area is 294 Å². The van der Waals surface area contributed by atoms with Crippen molar-refractivity contribution in [2.75, 3.05) is 16.4 Å². The van der Waals surface area contributed by atoms with Gasteiger partial charge in [-0.05, 0) is 36.4 Å². The van der Waals surface area contributed by atoms with Crippen LogP contribution in [0, 0.1) is 0 Å². The van der Waals surface area contributed by atoms with Crippen LogP contribution < -0.4 is 105 Å². The number of anilines is 3. The van der Waals surface area contributed by atoms with Crippen LogP contribution in [0.4, 0.5) is 17.1 Å². The summed E-state index contributed by atoms with van der Waals surface area (Å²) in [6.07, 6.45) is 0. The minimum atomic E-state index is -5.08. The molecule has 0 fully saturated rings. The molecule has 2 amide bonds. The van der Waals surface area contributed by atoms with E-state index in [0.29, 0.717) is 6.07 Å². The number of carbonyl (C=O) groups is 2. The number of nitrogen functional groups attached to an aromatic ring is 1. The number of rotatable bonds is 6. The Balaban J connectivity index is -0.00000120. The van der Waals surface area contributed by atoms with Crippen LogP contribution in [0.25, 0.3) is 10.8 Å². The minimum Gasteiger partial charge on any atom is -1.00 e. The van der Waals surface area contributed by atoms with Gasteiger partial charge in [0.05, 0.1) is 21.8 Å². The molecule has 0 aromatic heterocycles. The zero-order chi connectivity index (χ0) is 27.2.